The molecular weight excluding hydrogens is 234 g/mol. The van der Waals surface area contributed by atoms with Crippen molar-refractivity contribution in [3.05, 3.63) is 0 Å². The van der Waals surface area contributed by atoms with Gasteiger partial charge in [-0.2, -0.15) is 0 Å². The van der Waals surface area contributed by atoms with Gasteiger partial charge in [-0.1, -0.05) is 0 Å². The zero-order chi connectivity index (χ0) is 13.5. The van der Waals surface area contributed by atoms with Crippen LogP contribution in [0.1, 0.15) is 19.8 Å². The van der Waals surface area contributed by atoms with E-state index < -0.39 is 11.8 Å². The third-order valence-corrected chi connectivity index (χ3v) is 3.22. The van der Waals surface area contributed by atoms with E-state index in [1.807, 2.05) is 6.92 Å². The Bertz CT molecular complexity index is 292. The van der Waals surface area contributed by atoms with Crippen LogP contribution < -0.4 is 11.1 Å². The van der Waals surface area contributed by atoms with Crippen molar-refractivity contribution in [2.75, 3.05) is 33.4 Å². The average molecular weight is 257 g/mol. The molecule has 1 saturated carbocycles. The van der Waals surface area contributed by atoms with Gasteiger partial charge in [0.1, 0.15) is 0 Å². The Hall–Kier alpha value is -1.14. The summed E-state index contributed by atoms with van der Waals surface area (Å²) >= 11 is 0. The van der Waals surface area contributed by atoms with Crippen LogP contribution in [-0.4, -0.2) is 56.1 Å². The highest BCUT2D eigenvalue weighted by atomic mass is 16.5. The fraction of sp³-hybridized carbons (Fsp3) is 0.833. The molecule has 18 heavy (non-hydrogen) atoms. The van der Waals surface area contributed by atoms with Crippen LogP contribution in [0.5, 0.6) is 0 Å². The molecule has 0 spiro atoms. The molecule has 2 amide bonds. The molecule has 104 valence electrons. The molecule has 3 N–H and O–H groups in total. The summed E-state index contributed by atoms with van der Waals surface area (Å²) in [5.41, 5.74) is 5.29. The average Bonchev–Trinajstić information content (AvgIpc) is 3.19. The molecule has 6 nitrogen and oxygen atoms in total. The Kier molecular flexibility index (Phi) is 6.07. The number of nitrogens with zero attached hydrogens (tertiary/aromatic N) is 1. The number of carbonyl (C=O) groups excluding carboxylic acids is 2. The predicted molar refractivity (Wildman–Crippen MR) is 67.8 cm³/mol. The molecule has 0 heterocycles. The normalized spacial score (nSPS) is 16.2. The van der Waals surface area contributed by atoms with Gasteiger partial charge >= 0.3 is 11.8 Å². The van der Waals surface area contributed by atoms with E-state index in [4.69, 9.17) is 10.5 Å². The van der Waals surface area contributed by atoms with Crippen LogP contribution in [0.15, 0.2) is 0 Å². The molecule has 0 bridgehead atoms. The predicted octanol–water partition coefficient (Wildman–Crippen LogP) is -0.665. The van der Waals surface area contributed by atoms with Gasteiger partial charge in [-0.25, -0.2) is 0 Å². The molecule has 0 aromatic rings. The minimum absolute atomic E-state index is 0.0938. The van der Waals surface area contributed by atoms with E-state index in [1.54, 1.807) is 12.0 Å². The molecule has 1 fully saturated rings. The number of methoxy groups -OCH3 is 1. The molecule has 1 aliphatic rings. The first-order chi connectivity index (χ1) is 8.61. The molecule has 0 saturated heterocycles. The van der Waals surface area contributed by atoms with E-state index >= 15 is 0 Å². The monoisotopic (exact) mass is 257 g/mol. The van der Waals surface area contributed by atoms with Crippen molar-refractivity contribution < 1.29 is 14.3 Å². The molecule has 0 aromatic carbocycles. The first-order valence-corrected chi connectivity index (χ1v) is 6.39. The fourth-order valence-corrected chi connectivity index (χ4v) is 1.90. The lowest BCUT2D eigenvalue weighted by Crippen LogP contribution is -2.49. The first-order valence-electron chi connectivity index (χ1n) is 6.39. The topological polar surface area (TPSA) is 84.7 Å². The largest absolute Gasteiger partial charge is 0.383 e. The highest BCUT2D eigenvalue weighted by Gasteiger charge is 2.35. The Morgan fingerprint density at radius 3 is 2.67 bits per heavy atom. The van der Waals surface area contributed by atoms with Crippen LogP contribution in [0.3, 0.4) is 0 Å². The second kappa shape index (κ2) is 7.33. The lowest BCUT2D eigenvalue weighted by atomic mass is 10.1. The van der Waals surface area contributed by atoms with Crippen LogP contribution in [0.25, 0.3) is 0 Å². The minimum atomic E-state index is -0.580. The van der Waals surface area contributed by atoms with Crippen LogP contribution in [0.2, 0.25) is 0 Å². The number of hydrogen-bond acceptors (Lipinski definition) is 4. The van der Waals surface area contributed by atoms with Crippen LogP contribution in [0, 0.1) is 5.92 Å². The van der Waals surface area contributed by atoms with Gasteiger partial charge in [-0.15, -0.1) is 0 Å². The van der Waals surface area contributed by atoms with Crippen molar-refractivity contribution >= 4 is 11.8 Å². The smallest absolute Gasteiger partial charge is 0.312 e. The summed E-state index contributed by atoms with van der Waals surface area (Å²) in [5, 5.41) is 2.51. The Morgan fingerprint density at radius 1 is 1.50 bits per heavy atom. The Balaban J connectivity index is 2.56. The van der Waals surface area contributed by atoms with Gasteiger partial charge in [0.25, 0.3) is 0 Å². The van der Waals surface area contributed by atoms with Crippen molar-refractivity contribution in [1.29, 1.82) is 0 Å². The van der Waals surface area contributed by atoms with E-state index in [-0.39, 0.29) is 6.04 Å². The highest BCUT2D eigenvalue weighted by molar-refractivity contribution is 6.35. The number of amides is 2. The molecule has 1 aliphatic carbocycles. The van der Waals surface area contributed by atoms with E-state index in [0.29, 0.717) is 32.2 Å². The van der Waals surface area contributed by atoms with Crippen molar-refractivity contribution in [3.8, 4) is 0 Å². The van der Waals surface area contributed by atoms with Crippen molar-refractivity contribution in [2.45, 2.75) is 25.8 Å². The number of nitrogens with one attached hydrogen (secondary N) is 1. The van der Waals surface area contributed by atoms with E-state index in [0.717, 1.165) is 12.8 Å². The zero-order valence-corrected chi connectivity index (χ0v) is 11.1. The summed E-state index contributed by atoms with van der Waals surface area (Å²) < 4.78 is 4.99. The molecule has 0 aliphatic heterocycles. The van der Waals surface area contributed by atoms with E-state index in [1.165, 1.54) is 0 Å². The van der Waals surface area contributed by atoms with Gasteiger partial charge in [0, 0.05) is 32.8 Å². The number of ether oxygens (including phenoxy) is 1. The number of carbonyl (C=O) groups is 2. The molecule has 0 aromatic heterocycles. The third kappa shape index (κ3) is 4.27. The first kappa shape index (κ1) is 14.9. The zero-order valence-electron chi connectivity index (χ0n) is 11.1. The van der Waals surface area contributed by atoms with Crippen molar-refractivity contribution in [1.82, 2.24) is 10.2 Å². The second-order valence-corrected chi connectivity index (χ2v) is 4.61. The summed E-state index contributed by atoms with van der Waals surface area (Å²) in [6.07, 6.45) is 2.25. The molecule has 1 unspecified atom stereocenters. The maximum absolute atomic E-state index is 12.0. The minimum Gasteiger partial charge on any atom is -0.383 e. The van der Waals surface area contributed by atoms with Gasteiger partial charge in [-0.3, -0.25) is 9.59 Å². The molecule has 1 atom stereocenters. The summed E-state index contributed by atoms with van der Waals surface area (Å²) in [5.74, 6) is -0.544. The number of rotatable bonds is 7. The summed E-state index contributed by atoms with van der Waals surface area (Å²) in [4.78, 5) is 25.3. The van der Waals surface area contributed by atoms with E-state index in [9.17, 15) is 9.59 Å². The Morgan fingerprint density at radius 2 is 2.17 bits per heavy atom. The second-order valence-electron chi connectivity index (χ2n) is 4.61. The summed E-state index contributed by atoms with van der Waals surface area (Å²) in [7, 11) is 1.58. The van der Waals surface area contributed by atoms with Crippen LogP contribution >= 0.6 is 0 Å². The Labute approximate surface area is 108 Å². The molecule has 1 rings (SSSR count). The lowest BCUT2D eigenvalue weighted by molar-refractivity contribution is -0.148. The SMILES string of the molecule is COCCN(C(=O)C(=O)NCCN)C(C)C1CC1. The maximum Gasteiger partial charge on any atom is 0.312 e. The number of nitrogens with two attached hydrogens (primary N) is 1. The maximum atomic E-state index is 12.0. The van der Waals surface area contributed by atoms with Crippen molar-refractivity contribution in [3.63, 3.8) is 0 Å². The summed E-state index contributed by atoms with van der Waals surface area (Å²) in [6.45, 7) is 3.52. The fourth-order valence-electron chi connectivity index (χ4n) is 1.90. The molecule has 0 radical (unpaired) electrons. The highest BCUT2D eigenvalue weighted by Crippen LogP contribution is 2.35. The van der Waals surface area contributed by atoms with Gasteiger partial charge in [-0.05, 0) is 25.7 Å². The molecular formula is C12H23N3O3. The quantitative estimate of drug-likeness (QED) is 0.593. The van der Waals surface area contributed by atoms with Crippen LogP contribution in [0.4, 0.5) is 0 Å². The van der Waals surface area contributed by atoms with Gasteiger partial charge in [0.2, 0.25) is 0 Å². The lowest BCUT2D eigenvalue weighted by Gasteiger charge is -2.28. The number of hydrogen-bond donors (Lipinski definition) is 2. The van der Waals surface area contributed by atoms with Crippen molar-refractivity contribution in [2.24, 2.45) is 11.7 Å². The third-order valence-electron chi connectivity index (χ3n) is 3.22. The standard InChI is InChI=1S/C12H23N3O3/c1-9(10-3-4-10)15(7-8-18-2)12(17)11(16)14-6-5-13/h9-10H,3-8,13H2,1-2H3,(H,14,16). The van der Waals surface area contributed by atoms with Gasteiger partial charge in [0.05, 0.1) is 6.61 Å². The van der Waals surface area contributed by atoms with Gasteiger partial charge < -0.3 is 20.7 Å². The van der Waals surface area contributed by atoms with Gasteiger partial charge in [0.15, 0.2) is 0 Å². The molecule has 6 heteroatoms. The summed E-state index contributed by atoms with van der Waals surface area (Å²) in [6, 6.07) is 0.0938. The van der Waals surface area contributed by atoms with E-state index in [2.05, 4.69) is 5.32 Å². The van der Waals surface area contributed by atoms with Crippen LogP contribution in [-0.2, 0) is 14.3 Å².